The van der Waals surface area contributed by atoms with Crippen LogP contribution in [0, 0.1) is 5.82 Å². The van der Waals surface area contributed by atoms with E-state index in [0.29, 0.717) is 5.56 Å². The number of carbonyl (C=O) groups excluding carboxylic acids is 2. The Labute approximate surface area is 156 Å². The van der Waals surface area contributed by atoms with E-state index in [-0.39, 0.29) is 17.5 Å². The number of sulfone groups is 1. The molecular formula is C18H20FN3O4S. The molecule has 1 atom stereocenters. The summed E-state index contributed by atoms with van der Waals surface area (Å²) in [6.07, 6.45) is 2.85. The maximum Gasteiger partial charge on any atom is 0.309 e. The monoisotopic (exact) mass is 393 g/mol. The molecule has 1 aromatic carbocycles. The fourth-order valence-electron chi connectivity index (χ4n) is 2.36. The summed E-state index contributed by atoms with van der Waals surface area (Å²) in [4.78, 5) is 27.5. The molecule has 0 radical (unpaired) electrons. The quantitative estimate of drug-likeness (QED) is 0.570. The van der Waals surface area contributed by atoms with Gasteiger partial charge in [-0.1, -0.05) is 6.07 Å². The zero-order chi connectivity index (χ0) is 20.0. The number of amides is 2. The number of nitrogens with one attached hydrogen (secondary N) is 2. The molecule has 2 N–H and O–H groups in total. The Morgan fingerprint density at radius 2 is 1.78 bits per heavy atom. The number of rotatable bonds is 6. The predicted octanol–water partition coefficient (Wildman–Crippen LogP) is 1.38. The molecule has 0 saturated carbocycles. The van der Waals surface area contributed by atoms with Crippen LogP contribution in [0.5, 0.6) is 0 Å². The zero-order valence-electron chi connectivity index (χ0n) is 14.8. The normalized spacial score (nSPS) is 12.4. The molecule has 7 nitrogen and oxygen atoms in total. The molecule has 0 fully saturated rings. The number of pyridine rings is 1. The number of halogens is 1. The van der Waals surface area contributed by atoms with E-state index in [2.05, 4.69) is 15.6 Å². The Morgan fingerprint density at radius 1 is 1.11 bits per heavy atom. The van der Waals surface area contributed by atoms with E-state index in [1.807, 2.05) is 0 Å². The van der Waals surface area contributed by atoms with Gasteiger partial charge in [-0.05, 0) is 49.7 Å². The molecule has 9 heteroatoms. The zero-order valence-corrected chi connectivity index (χ0v) is 15.7. The highest BCUT2D eigenvalue weighted by Gasteiger charge is 2.30. The van der Waals surface area contributed by atoms with Crippen molar-refractivity contribution < 1.29 is 22.4 Å². The van der Waals surface area contributed by atoms with Crippen molar-refractivity contribution in [3.05, 3.63) is 60.2 Å². The summed E-state index contributed by atoms with van der Waals surface area (Å²) in [7, 11) is -3.97. The van der Waals surface area contributed by atoms with E-state index in [4.69, 9.17) is 0 Å². The lowest BCUT2D eigenvalue weighted by Crippen LogP contribution is -2.44. The Kier molecular flexibility index (Phi) is 6.62. The van der Waals surface area contributed by atoms with Crippen molar-refractivity contribution in [1.82, 2.24) is 15.6 Å². The molecular weight excluding hydrogens is 373 g/mol. The van der Waals surface area contributed by atoms with E-state index < -0.39 is 32.7 Å². The number of hydrogen-bond acceptors (Lipinski definition) is 5. The van der Waals surface area contributed by atoms with E-state index in [1.165, 1.54) is 12.4 Å². The molecule has 2 aromatic rings. The minimum absolute atomic E-state index is 0.0985. The molecule has 0 aliphatic heterocycles. The minimum Gasteiger partial charge on any atom is -0.346 e. The Balaban J connectivity index is 2.29. The van der Waals surface area contributed by atoms with Crippen LogP contribution in [0.4, 0.5) is 4.39 Å². The van der Waals surface area contributed by atoms with Gasteiger partial charge in [-0.2, -0.15) is 0 Å². The molecule has 27 heavy (non-hydrogen) atoms. The number of nitrogens with zero attached hydrogens (tertiary/aromatic N) is 1. The van der Waals surface area contributed by atoms with Crippen molar-refractivity contribution in [2.75, 3.05) is 6.54 Å². The highest BCUT2D eigenvalue weighted by molar-refractivity contribution is 7.91. The molecule has 0 spiro atoms. The third-order valence-electron chi connectivity index (χ3n) is 3.65. The van der Waals surface area contributed by atoms with E-state index in [0.717, 1.165) is 24.3 Å². The van der Waals surface area contributed by atoms with Crippen LogP contribution in [-0.2, 0) is 19.4 Å². The van der Waals surface area contributed by atoms with Crippen LogP contribution < -0.4 is 10.6 Å². The Hall–Kier alpha value is -2.81. The average molecular weight is 393 g/mol. The molecule has 0 unspecified atom stereocenters. The van der Waals surface area contributed by atoms with Gasteiger partial charge >= 0.3 is 11.8 Å². The third kappa shape index (κ3) is 5.33. The first-order valence-corrected chi connectivity index (χ1v) is 9.74. The second-order valence-electron chi connectivity index (χ2n) is 6.11. The van der Waals surface area contributed by atoms with Gasteiger partial charge in [-0.15, -0.1) is 0 Å². The van der Waals surface area contributed by atoms with Gasteiger partial charge < -0.3 is 10.6 Å². The van der Waals surface area contributed by atoms with Crippen molar-refractivity contribution in [2.45, 2.75) is 30.0 Å². The Morgan fingerprint density at radius 3 is 2.33 bits per heavy atom. The van der Waals surface area contributed by atoms with Gasteiger partial charge in [0.2, 0.25) is 0 Å². The van der Waals surface area contributed by atoms with Crippen LogP contribution in [0.15, 0.2) is 53.7 Å². The first-order valence-electron chi connectivity index (χ1n) is 8.20. The van der Waals surface area contributed by atoms with Crippen molar-refractivity contribution in [1.29, 1.82) is 0 Å². The molecule has 0 saturated heterocycles. The Bertz CT molecular complexity index is 900. The summed E-state index contributed by atoms with van der Waals surface area (Å²) >= 11 is 0. The summed E-state index contributed by atoms with van der Waals surface area (Å²) in [6.45, 7) is 3.06. The molecule has 0 aliphatic carbocycles. The van der Waals surface area contributed by atoms with Crippen LogP contribution in [0.2, 0.25) is 0 Å². The summed E-state index contributed by atoms with van der Waals surface area (Å²) < 4.78 is 39.1. The molecule has 0 bridgehead atoms. The van der Waals surface area contributed by atoms with E-state index in [1.54, 1.807) is 26.0 Å². The van der Waals surface area contributed by atoms with Gasteiger partial charge in [-0.3, -0.25) is 14.6 Å². The van der Waals surface area contributed by atoms with Gasteiger partial charge in [0.05, 0.1) is 4.90 Å². The highest BCUT2D eigenvalue weighted by Crippen LogP contribution is 2.28. The van der Waals surface area contributed by atoms with Crippen molar-refractivity contribution in [2.24, 2.45) is 0 Å². The first kappa shape index (κ1) is 20.5. The second kappa shape index (κ2) is 8.72. The predicted molar refractivity (Wildman–Crippen MR) is 96.9 cm³/mol. The minimum atomic E-state index is -3.97. The molecule has 144 valence electrons. The number of hydrogen-bond donors (Lipinski definition) is 2. The van der Waals surface area contributed by atoms with Crippen LogP contribution in [0.25, 0.3) is 0 Å². The SMILES string of the molecule is CC(C)NC(=O)C(=O)NC[C@H](c1cccnc1)S(=O)(=O)c1ccc(F)cc1. The lowest BCUT2D eigenvalue weighted by Gasteiger charge is -2.19. The van der Waals surface area contributed by atoms with Gasteiger partial charge in [0.25, 0.3) is 0 Å². The van der Waals surface area contributed by atoms with E-state index in [9.17, 15) is 22.4 Å². The summed E-state index contributed by atoms with van der Waals surface area (Å²) in [5, 5.41) is 3.58. The fourth-order valence-corrected chi connectivity index (χ4v) is 4.00. The average Bonchev–Trinajstić information content (AvgIpc) is 2.62. The van der Waals surface area contributed by atoms with Crippen molar-refractivity contribution >= 4 is 21.7 Å². The fraction of sp³-hybridized carbons (Fsp3) is 0.278. The first-order chi connectivity index (χ1) is 12.7. The van der Waals surface area contributed by atoms with Crippen LogP contribution in [-0.4, -0.2) is 37.8 Å². The van der Waals surface area contributed by atoms with E-state index >= 15 is 0 Å². The lowest BCUT2D eigenvalue weighted by molar-refractivity contribution is -0.139. The topological polar surface area (TPSA) is 105 Å². The van der Waals surface area contributed by atoms with Gasteiger partial charge in [0.15, 0.2) is 9.84 Å². The number of aromatic nitrogens is 1. The maximum absolute atomic E-state index is 13.1. The highest BCUT2D eigenvalue weighted by atomic mass is 32.2. The molecule has 2 amide bonds. The van der Waals surface area contributed by atoms with Gasteiger partial charge in [-0.25, -0.2) is 12.8 Å². The standard InChI is InChI=1S/C18H20FN3O4S/c1-12(2)22-18(24)17(23)21-11-16(13-4-3-9-20-10-13)27(25,26)15-7-5-14(19)6-8-15/h3-10,12,16H,11H2,1-2H3,(H,21,23)(H,22,24)/t16-/m1/s1. The second-order valence-corrected chi connectivity index (χ2v) is 8.24. The summed E-state index contributed by atoms with van der Waals surface area (Å²) in [5.74, 6) is -2.36. The smallest absolute Gasteiger partial charge is 0.309 e. The third-order valence-corrected chi connectivity index (χ3v) is 5.76. The maximum atomic E-state index is 13.1. The lowest BCUT2D eigenvalue weighted by atomic mass is 10.2. The summed E-state index contributed by atoms with van der Waals surface area (Å²) in [6, 6.07) is 7.28. The van der Waals surface area contributed by atoms with Crippen molar-refractivity contribution in [3.63, 3.8) is 0 Å². The molecule has 0 aliphatic rings. The number of benzene rings is 1. The van der Waals surface area contributed by atoms with Crippen LogP contribution >= 0.6 is 0 Å². The van der Waals surface area contributed by atoms with Crippen LogP contribution in [0.1, 0.15) is 24.7 Å². The number of carbonyl (C=O) groups is 2. The van der Waals surface area contributed by atoms with Gasteiger partial charge in [0.1, 0.15) is 11.1 Å². The van der Waals surface area contributed by atoms with Gasteiger partial charge in [0, 0.05) is 25.0 Å². The summed E-state index contributed by atoms with van der Waals surface area (Å²) in [5.41, 5.74) is 0.339. The molecule has 1 aromatic heterocycles. The van der Waals surface area contributed by atoms with Crippen molar-refractivity contribution in [3.8, 4) is 0 Å². The largest absolute Gasteiger partial charge is 0.346 e. The molecule has 1 heterocycles. The van der Waals surface area contributed by atoms with Crippen LogP contribution in [0.3, 0.4) is 0 Å². The molecule has 2 rings (SSSR count).